The van der Waals surface area contributed by atoms with Crippen molar-refractivity contribution in [3.8, 4) is 0 Å². The average Bonchev–Trinajstić information content (AvgIpc) is 2.86. The molecule has 0 amide bonds. The second-order valence-corrected chi connectivity index (χ2v) is 7.83. The van der Waals surface area contributed by atoms with Gasteiger partial charge in [0, 0.05) is 6.54 Å². The zero-order valence-electron chi connectivity index (χ0n) is 11.5. The van der Waals surface area contributed by atoms with Crippen LogP contribution in [0.5, 0.6) is 0 Å². The molecule has 0 radical (unpaired) electrons. The number of sulfonamides is 1. The Morgan fingerprint density at radius 2 is 2.25 bits per heavy atom. The number of rotatable bonds is 3. The summed E-state index contributed by atoms with van der Waals surface area (Å²) in [7, 11) is -2.61. The van der Waals surface area contributed by atoms with Gasteiger partial charge in [0.25, 0.3) is 10.0 Å². The molecule has 0 atom stereocenters. The van der Waals surface area contributed by atoms with E-state index < -0.39 is 21.5 Å². The quantitative estimate of drug-likeness (QED) is 0.763. The van der Waals surface area contributed by atoms with Gasteiger partial charge in [0.1, 0.15) is 0 Å². The maximum atomic E-state index is 12.7. The van der Waals surface area contributed by atoms with E-state index in [0.717, 1.165) is 11.3 Å². The standard InChI is InChI=1S/C11H16N2O5S2/c1-11(2)6-18-5-4-13(11)20(15,16)10-8(9(14)17-3)12-7-19-10/h7H,4-6H2,1-3H3. The van der Waals surface area contributed by atoms with Crippen LogP contribution < -0.4 is 0 Å². The zero-order valence-corrected chi connectivity index (χ0v) is 13.1. The molecule has 2 heterocycles. The van der Waals surface area contributed by atoms with E-state index in [4.69, 9.17) is 4.74 Å². The van der Waals surface area contributed by atoms with Crippen molar-refractivity contribution in [3.05, 3.63) is 11.2 Å². The van der Waals surface area contributed by atoms with Gasteiger partial charge >= 0.3 is 5.97 Å². The molecule has 9 heteroatoms. The van der Waals surface area contributed by atoms with Crippen LogP contribution in [0.2, 0.25) is 0 Å². The summed E-state index contributed by atoms with van der Waals surface area (Å²) in [6.45, 7) is 4.44. The minimum absolute atomic E-state index is 0.0840. The van der Waals surface area contributed by atoms with Crippen LogP contribution in [0.4, 0.5) is 0 Å². The maximum Gasteiger partial charge on any atom is 0.358 e. The number of hydrogen-bond donors (Lipinski definition) is 0. The van der Waals surface area contributed by atoms with Crippen LogP contribution in [0.15, 0.2) is 9.72 Å². The number of thiazole rings is 1. The van der Waals surface area contributed by atoms with Crippen LogP contribution in [-0.4, -0.2) is 56.1 Å². The monoisotopic (exact) mass is 320 g/mol. The van der Waals surface area contributed by atoms with E-state index >= 15 is 0 Å². The number of ether oxygens (including phenoxy) is 2. The number of hydrogen-bond acceptors (Lipinski definition) is 7. The molecule has 1 aromatic rings. The Hall–Kier alpha value is -1.03. The van der Waals surface area contributed by atoms with Crippen molar-refractivity contribution in [2.75, 3.05) is 26.9 Å². The Labute approximate surface area is 121 Å². The topological polar surface area (TPSA) is 85.8 Å². The van der Waals surface area contributed by atoms with Gasteiger partial charge in [0.15, 0.2) is 9.90 Å². The normalized spacial score (nSPS) is 19.8. The first-order valence-electron chi connectivity index (χ1n) is 5.93. The van der Waals surface area contributed by atoms with Crippen molar-refractivity contribution < 1.29 is 22.7 Å². The summed E-state index contributed by atoms with van der Waals surface area (Å²) >= 11 is 0.912. The fraction of sp³-hybridized carbons (Fsp3) is 0.636. The molecule has 2 rings (SSSR count). The van der Waals surface area contributed by atoms with Crippen LogP contribution in [0.3, 0.4) is 0 Å². The van der Waals surface area contributed by atoms with Crippen molar-refractivity contribution in [2.24, 2.45) is 0 Å². The Morgan fingerprint density at radius 3 is 2.85 bits per heavy atom. The van der Waals surface area contributed by atoms with Gasteiger partial charge in [0.05, 0.1) is 31.4 Å². The summed E-state index contributed by atoms with van der Waals surface area (Å²) in [5.74, 6) is -0.754. The first-order chi connectivity index (χ1) is 9.30. The first kappa shape index (κ1) is 15.4. The zero-order chi connectivity index (χ0) is 15.0. The third kappa shape index (κ3) is 2.58. The van der Waals surface area contributed by atoms with Crippen LogP contribution in [0.25, 0.3) is 0 Å². The Kier molecular flexibility index (Phi) is 4.14. The van der Waals surface area contributed by atoms with Crippen LogP contribution >= 0.6 is 11.3 Å². The molecule has 0 spiro atoms. The van der Waals surface area contributed by atoms with Crippen molar-refractivity contribution in [2.45, 2.75) is 23.6 Å². The Bertz CT molecular complexity index is 608. The van der Waals surface area contributed by atoms with E-state index in [1.165, 1.54) is 16.9 Å². The van der Waals surface area contributed by atoms with Gasteiger partial charge in [0.2, 0.25) is 0 Å². The molecule has 0 unspecified atom stereocenters. The molecule has 0 N–H and O–H groups in total. The second-order valence-electron chi connectivity index (χ2n) is 4.92. The van der Waals surface area contributed by atoms with E-state index in [2.05, 4.69) is 9.72 Å². The minimum Gasteiger partial charge on any atom is -0.464 e. The molecular weight excluding hydrogens is 304 g/mol. The first-order valence-corrected chi connectivity index (χ1v) is 8.25. The number of esters is 1. The number of nitrogens with zero attached hydrogens (tertiary/aromatic N) is 2. The van der Waals surface area contributed by atoms with Gasteiger partial charge in [-0.1, -0.05) is 0 Å². The number of carbonyl (C=O) groups is 1. The van der Waals surface area contributed by atoms with E-state index in [0.29, 0.717) is 13.2 Å². The summed E-state index contributed by atoms with van der Waals surface area (Å²) < 4.78 is 36.6. The van der Waals surface area contributed by atoms with Crippen LogP contribution in [0.1, 0.15) is 24.3 Å². The van der Waals surface area contributed by atoms with Gasteiger partial charge < -0.3 is 9.47 Å². The van der Waals surface area contributed by atoms with Crippen molar-refractivity contribution in [1.29, 1.82) is 0 Å². The predicted octanol–water partition coefficient (Wildman–Crippen LogP) is 0.729. The molecule has 0 aromatic carbocycles. The molecule has 1 aliphatic rings. The average molecular weight is 320 g/mol. The lowest BCUT2D eigenvalue weighted by Gasteiger charge is -2.40. The fourth-order valence-electron chi connectivity index (χ4n) is 2.04. The van der Waals surface area contributed by atoms with E-state index in [1.807, 2.05) is 0 Å². The SMILES string of the molecule is COC(=O)c1ncsc1S(=O)(=O)N1CCOCC1(C)C. The number of morpholine rings is 1. The second kappa shape index (κ2) is 5.40. The molecule has 0 bridgehead atoms. The van der Waals surface area contributed by atoms with E-state index in [9.17, 15) is 13.2 Å². The third-order valence-electron chi connectivity index (χ3n) is 3.01. The molecule has 1 saturated heterocycles. The predicted molar refractivity (Wildman–Crippen MR) is 72.2 cm³/mol. The number of carbonyl (C=O) groups excluding carboxylic acids is 1. The van der Waals surface area contributed by atoms with Gasteiger partial charge in [-0.2, -0.15) is 4.31 Å². The summed E-state index contributed by atoms with van der Waals surface area (Å²) in [5.41, 5.74) is 0.487. The lowest BCUT2D eigenvalue weighted by atomic mass is 10.1. The van der Waals surface area contributed by atoms with Crippen molar-refractivity contribution in [3.63, 3.8) is 0 Å². The summed E-state index contributed by atoms with van der Waals surface area (Å²) in [5, 5.41) is 0. The molecule has 20 heavy (non-hydrogen) atoms. The highest BCUT2D eigenvalue weighted by Crippen LogP contribution is 2.31. The lowest BCUT2D eigenvalue weighted by Crippen LogP contribution is -2.55. The van der Waals surface area contributed by atoms with Gasteiger partial charge in [-0.05, 0) is 13.8 Å². The summed E-state index contributed by atoms with van der Waals surface area (Å²) in [6, 6.07) is 0. The molecule has 112 valence electrons. The Morgan fingerprint density at radius 1 is 1.55 bits per heavy atom. The highest BCUT2D eigenvalue weighted by atomic mass is 32.2. The minimum atomic E-state index is -3.80. The van der Waals surface area contributed by atoms with E-state index in [1.54, 1.807) is 13.8 Å². The van der Waals surface area contributed by atoms with Gasteiger partial charge in [-0.15, -0.1) is 11.3 Å². The molecular formula is C11H16N2O5S2. The van der Waals surface area contributed by atoms with E-state index in [-0.39, 0.29) is 16.4 Å². The molecule has 0 aliphatic carbocycles. The fourth-order valence-corrected chi connectivity index (χ4v) is 5.03. The summed E-state index contributed by atoms with van der Waals surface area (Å²) in [6.07, 6.45) is 0. The maximum absolute atomic E-state index is 12.7. The molecule has 1 aliphatic heterocycles. The van der Waals surface area contributed by atoms with Crippen LogP contribution in [0, 0.1) is 0 Å². The van der Waals surface area contributed by atoms with Gasteiger partial charge in [-0.25, -0.2) is 18.2 Å². The Balaban J connectivity index is 2.45. The number of aromatic nitrogens is 1. The summed E-state index contributed by atoms with van der Waals surface area (Å²) in [4.78, 5) is 15.4. The highest BCUT2D eigenvalue weighted by Gasteiger charge is 2.42. The molecule has 1 aromatic heterocycles. The molecule has 0 saturated carbocycles. The molecule has 7 nitrogen and oxygen atoms in total. The third-order valence-corrected chi connectivity index (χ3v) is 6.47. The lowest BCUT2D eigenvalue weighted by molar-refractivity contribution is -0.00766. The smallest absolute Gasteiger partial charge is 0.358 e. The molecule has 1 fully saturated rings. The van der Waals surface area contributed by atoms with Crippen molar-refractivity contribution in [1.82, 2.24) is 9.29 Å². The van der Waals surface area contributed by atoms with Gasteiger partial charge in [-0.3, -0.25) is 0 Å². The van der Waals surface area contributed by atoms with Crippen molar-refractivity contribution >= 4 is 27.3 Å². The number of methoxy groups -OCH3 is 1. The highest BCUT2D eigenvalue weighted by molar-refractivity contribution is 7.91. The largest absolute Gasteiger partial charge is 0.464 e. The van der Waals surface area contributed by atoms with Crippen LogP contribution in [-0.2, 0) is 19.5 Å².